The third-order valence-corrected chi connectivity index (χ3v) is 2.46. The molecule has 0 amide bonds. The second-order valence-corrected chi connectivity index (χ2v) is 4.21. The molecule has 0 spiro atoms. The number of nitrogens with one attached hydrogen (secondary N) is 1. The first-order valence-corrected chi connectivity index (χ1v) is 5.58. The van der Waals surface area contributed by atoms with Crippen molar-refractivity contribution in [2.75, 3.05) is 27.2 Å². The molecule has 0 unspecified atom stereocenters. The fourth-order valence-corrected chi connectivity index (χ4v) is 1.47. The van der Waals surface area contributed by atoms with E-state index >= 15 is 0 Å². The Bertz CT molecular complexity index is 268. The number of hydrogen-bond acceptors (Lipinski definition) is 3. The zero-order valence-corrected chi connectivity index (χ0v) is 10.0. The molecule has 0 bridgehead atoms. The Morgan fingerprint density at radius 1 is 1.33 bits per heavy atom. The van der Waals surface area contributed by atoms with Gasteiger partial charge >= 0.3 is 0 Å². The summed E-state index contributed by atoms with van der Waals surface area (Å²) in [6, 6.07) is 2.00. The molecule has 1 N–H and O–H groups in total. The Hall–Kier alpha value is -0.800. The Morgan fingerprint density at radius 2 is 2.13 bits per heavy atom. The number of rotatable bonds is 7. The second-order valence-electron chi connectivity index (χ2n) is 4.21. The van der Waals surface area contributed by atoms with Crippen molar-refractivity contribution in [2.24, 2.45) is 0 Å². The summed E-state index contributed by atoms with van der Waals surface area (Å²) in [7, 11) is 4.22. The number of nitrogens with zero attached hydrogens (tertiary/aromatic N) is 1. The maximum Gasteiger partial charge on any atom is 0.120 e. The smallest absolute Gasteiger partial charge is 0.120 e. The van der Waals surface area contributed by atoms with Crippen LogP contribution in [0.2, 0.25) is 0 Å². The second kappa shape index (κ2) is 6.64. The lowest BCUT2D eigenvalue weighted by Crippen LogP contribution is -2.18. The van der Waals surface area contributed by atoms with E-state index in [0.29, 0.717) is 0 Å². The number of hydrogen-bond donors (Lipinski definition) is 1. The van der Waals surface area contributed by atoms with Crippen molar-refractivity contribution in [1.82, 2.24) is 10.2 Å². The van der Waals surface area contributed by atoms with E-state index in [0.717, 1.165) is 18.8 Å². The van der Waals surface area contributed by atoms with Crippen LogP contribution < -0.4 is 5.32 Å². The molecule has 0 aliphatic carbocycles. The van der Waals surface area contributed by atoms with Crippen molar-refractivity contribution in [3.05, 3.63) is 23.7 Å². The molecule has 1 aromatic rings. The van der Waals surface area contributed by atoms with Gasteiger partial charge in [0, 0.05) is 0 Å². The molecule has 0 saturated carbocycles. The molecule has 3 nitrogen and oxygen atoms in total. The van der Waals surface area contributed by atoms with Crippen molar-refractivity contribution in [3.63, 3.8) is 0 Å². The van der Waals surface area contributed by atoms with E-state index in [-0.39, 0.29) is 0 Å². The van der Waals surface area contributed by atoms with Crippen LogP contribution in [-0.4, -0.2) is 32.1 Å². The van der Waals surface area contributed by atoms with Gasteiger partial charge in [-0.3, -0.25) is 0 Å². The van der Waals surface area contributed by atoms with Gasteiger partial charge in [-0.2, -0.15) is 0 Å². The van der Waals surface area contributed by atoms with Gasteiger partial charge in [-0.25, -0.2) is 0 Å². The van der Waals surface area contributed by atoms with Gasteiger partial charge in [-0.1, -0.05) is 0 Å². The normalized spacial score (nSPS) is 11.2. The summed E-state index contributed by atoms with van der Waals surface area (Å²) in [5.74, 6) is 1.06. The van der Waals surface area contributed by atoms with Crippen molar-refractivity contribution in [1.29, 1.82) is 0 Å². The lowest BCUT2D eigenvalue weighted by Gasteiger charge is -2.09. The van der Waals surface area contributed by atoms with Gasteiger partial charge in [0.1, 0.15) is 5.76 Å². The van der Waals surface area contributed by atoms with Gasteiger partial charge in [0.05, 0.1) is 12.8 Å². The minimum Gasteiger partial charge on any atom is -0.468 e. The van der Waals surface area contributed by atoms with E-state index in [1.54, 1.807) is 6.26 Å². The SMILES string of the molecule is Cc1ccoc1CNCCCCN(C)C. The molecule has 0 aromatic carbocycles. The first kappa shape index (κ1) is 12.3. The summed E-state index contributed by atoms with van der Waals surface area (Å²) in [4.78, 5) is 2.22. The molecule has 0 aliphatic heterocycles. The van der Waals surface area contributed by atoms with Crippen molar-refractivity contribution >= 4 is 0 Å². The maximum atomic E-state index is 5.34. The number of furan rings is 1. The molecule has 0 atom stereocenters. The molecule has 1 heterocycles. The zero-order chi connectivity index (χ0) is 11.1. The predicted octanol–water partition coefficient (Wildman–Crippen LogP) is 2.02. The minimum atomic E-state index is 0.848. The predicted molar refractivity (Wildman–Crippen MR) is 62.9 cm³/mol. The Balaban J connectivity index is 2.00. The van der Waals surface area contributed by atoms with Crippen LogP contribution in [0.1, 0.15) is 24.2 Å². The average molecular weight is 210 g/mol. The van der Waals surface area contributed by atoms with Gasteiger partial charge in [-0.15, -0.1) is 0 Å². The summed E-state index contributed by atoms with van der Waals surface area (Å²) in [6.45, 7) is 5.16. The van der Waals surface area contributed by atoms with Crippen molar-refractivity contribution in [3.8, 4) is 0 Å². The summed E-state index contributed by atoms with van der Waals surface area (Å²) in [6.07, 6.45) is 4.22. The van der Waals surface area contributed by atoms with Gasteiger partial charge in [0.2, 0.25) is 0 Å². The first-order valence-electron chi connectivity index (χ1n) is 5.58. The molecule has 0 fully saturated rings. The maximum absolute atomic E-state index is 5.34. The van der Waals surface area contributed by atoms with Crippen LogP contribution in [0.3, 0.4) is 0 Å². The van der Waals surface area contributed by atoms with Gasteiger partial charge in [0.15, 0.2) is 0 Å². The quantitative estimate of drug-likeness (QED) is 0.698. The lowest BCUT2D eigenvalue weighted by atomic mass is 10.2. The van der Waals surface area contributed by atoms with E-state index in [4.69, 9.17) is 4.42 Å². The van der Waals surface area contributed by atoms with Gasteiger partial charge in [0.25, 0.3) is 0 Å². The van der Waals surface area contributed by atoms with Crippen LogP contribution in [0.5, 0.6) is 0 Å². The monoisotopic (exact) mass is 210 g/mol. The highest BCUT2D eigenvalue weighted by molar-refractivity contribution is 5.13. The molecule has 0 radical (unpaired) electrons. The van der Waals surface area contributed by atoms with Crippen LogP contribution in [0.25, 0.3) is 0 Å². The fraction of sp³-hybridized carbons (Fsp3) is 0.667. The molecule has 1 aromatic heterocycles. The van der Waals surface area contributed by atoms with Crippen LogP contribution >= 0.6 is 0 Å². The van der Waals surface area contributed by atoms with E-state index in [9.17, 15) is 0 Å². The third-order valence-electron chi connectivity index (χ3n) is 2.46. The molecule has 15 heavy (non-hydrogen) atoms. The topological polar surface area (TPSA) is 28.4 Å². The van der Waals surface area contributed by atoms with Crippen LogP contribution in [-0.2, 0) is 6.54 Å². The van der Waals surface area contributed by atoms with E-state index in [1.807, 2.05) is 6.07 Å². The van der Waals surface area contributed by atoms with Crippen LogP contribution in [0.4, 0.5) is 0 Å². The largest absolute Gasteiger partial charge is 0.468 e. The van der Waals surface area contributed by atoms with E-state index in [2.05, 4.69) is 31.2 Å². The average Bonchev–Trinajstić information content (AvgIpc) is 2.57. The van der Waals surface area contributed by atoms with Crippen LogP contribution in [0.15, 0.2) is 16.7 Å². The van der Waals surface area contributed by atoms with E-state index in [1.165, 1.54) is 24.9 Å². The highest BCUT2D eigenvalue weighted by atomic mass is 16.3. The Labute approximate surface area is 92.5 Å². The van der Waals surface area contributed by atoms with Crippen molar-refractivity contribution < 1.29 is 4.42 Å². The first-order chi connectivity index (χ1) is 7.20. The molecular weight excluding hydrogens is 188 g/mol. The minimum absolute atomic E-state index is 0.848. The highest BCUT2D eigenvalue weighted by Gasteiger charge is 1.99. The zero-order valence-electron chi connectivity index (χ0n) is 10.0. The molecule has 1 rings (SSSR count). The summed E-state index contributed by atoms with van der Waals surface area (Å²) in [5.41, 5.74) is 1.23. The Morgan fingerprint density at radius 3 is 2.73 bits per heavy atom. The molecule has 3 heteroatoms. The lowest BCUT2D eigenvalue weighted by molar-refractivity contribution is 0.389. The van der Waals surface area contributed by atoms with Gasteiger partial charge < -0.3 is 14.6 Å². The standard InChI is InChI=1S/C12H22N2O/c1-11-6-9-15-12(11)10-13-7-4-5-8-14(2)3/h6,9,13H,4-5,7-8,10H2,1-3H3. The van der Waals surface area contributed by atoms with Crippen molar-refractivity contribution in [2.45, 2.75) is 26.3 Å². The molecule has 0 saturated heterocycles. The Kier molecular flexibility index (Phi) is 5.43. The summed E-state index contributed by atoms with van der Waals surface area (Å²) < 4.78 is 5.34. The molecular formula is C12H22N2O. The van der Waals surface area contributed by atoms with Crippen LogP contribution in [0, 0.1) is 6.92 Å². The highest BCUT2D eigenvalue weighted by Crippen LogP contribution is 2.07. The third kappa shape index (κ3) is 5.00. The number of unbranched alkanes of at least 4 members (excludes halogenated alkanes) is 1. The fourth-order valence-electron chi connectivity index (χ4n) is 1.47. The van der Waals surface area contributed by atoms with Gasteiger partial charge in [-0.05, 0) is 58.6 Å². The number of aryl methyl sites for hydroxylation is 1. The van der Waals surface area contributed by atoms with E-state index < -0.39 is 0 Å². The molecule has 0 aliphatic rings. The summed E-state index contributed by atoms with van der Waals surface area (Å²) in [5, 5.41) is 3.39. The summed E-state index contributed by atoms with van der Waals surface area (Å²) >= 11 is 0. The molecule has 86 valence electrons.